The number of morpholine rings is 1. The van der Waals surface area contributed by atoms with Crippen LogP contribution in [0.15, 0.2) is 34.1 Å². The van der Waals surface area contributed by atoms with Gasteiger partial charge in [0.05, 0.1) is 31.2 Å². The van der Waals surface area contributed by atoms with E-state index < -0.39 is 21.4 Å². The van der Waals surface area contributed by atoms with Crippen molar-refractivity contribution in [3.8, 4) is 0 Å². The minimum Gasteiger partial charge on any atom is -0.370 e. The van der Waals surface area contributed by atoms with E-state index in [4.69, 9.17) is 4.74 Å². The molecule has 0 atom stereocenters. The molecule has 1 aliphatic heterocycles. The molecule has 0 saturated carbocycles. The van der Waals surface area contributed by atoms with Gasteiger partial charge in [-0.05, 0) is 18.2 Å². The first-order valence-electron chi connectivity index (χ1n) is 10.2. The average molecular weight is 438 g/mol. The Hall–Kier alpha value is -2.27. The molecule has 1 aromatic heterocycles. The number of fused-ring (bicyclic) bond motifs is 1. The van der Waals surface area contributed by atoms with Crippen LogP contribution in [0.4, 0.5) is 0 Å². The SMILES string of the molecule is CCN(CC)S(=O)(=O)c1ccc2[nH]cc(C(=O)NCC[NH+]3CCOCC3)c(=O)c2c1. The molecular formula is C20H29N4O5S+. The molecule has 1 fully saturated rings. The molecule has 9 nitrogen and oxygen atoms in total. The standard InChI is InChI=1S/C20H28N4O5S/c1-3-24(4-2)30(27,28)15-5-6-18-16(13-15)19(25)17(14-22-18)20(26)21-7-8-23-9-11-29-12-10-23/h5-6,13-14H,3-4,7-12H2,1-2H3,(H,21,26)(H,22,25)/p+1. The molecule has 2 heterocycles. The fourth-order valence-corrected chi connectivity index (χ4v) is 5.08. The minimum atomic E-state index is -3.70. The summed E-state index contributed by atoms with van der Waals surface area (Å²) in [6.07, 6.45) is 1.38. The lowest BCUT2D eigenvalue weighted by atomic mass is 10.1. The molecule has 10 heteroatoms. The Balaban J connectivity index is 1.82. The number of nitrogens with one attached hydrogen (secondary N) is 3. The summed E-state index contributed by atoms with van der Waals surface area (Å²) >= 11 is 0. The highest BCUT2D eigenvalue weighted by Crippen LogP contribution is 2.19. The Labute approximate surface area is 176 Å². The van der Waals surface area contributed by atoms with Gasteiger partial charge in [0.2, 0.25) is 15.5 Å². The van der Waals surface area contributed by atoms with Gasteiger partial charge in [-0.1, -0.05) is 13.8 Å². The zero-order valence-electron chi connectivity index (χ0n) is 17.4. The van der Waals surface area contributed by atoms with Crippen molar-refractivity contribution in [1.82, 2.24) is 14.6 Å². The van der Waals surface area contributed by atoms with E-state index in [1.54, 1.807) is 19.9 Å². The molecule has 0 unspecified atom stereocenters. The van der Waals surface area contributed by atoms with E-state index in [9.17, 15) is 18.0 Å². The maximum atomic E-state index is 12.9. The van der Waals surface area contributed by atoms with Crippen molar-refractivity contribution in [2.45, 2.75) is 18.7 Å². The summed E-state index contributed by atoms with van der Waals surface area (Å²) in [7, 11) is -3.70. The van der Waals surface area contributed by atoms with Crippen molar-refractivity contribution in [1.29, 1.82) is 0 Å². The predicted octanol–water partition coefficient (Wildman–Crippen LogP) is -0.796. The number of ether oxygens (including phenoxy) is 1. The topological polar surface area (TPSA) is 113 Å². The molecule has 1 aromatic carbocycles. The second-order valence-electron chi connectivity index (χ2n) is 7.20. The van der Waals surface area contributed by atoms with Crippen LogP contribution in [-0.2, 0) is 14.8 Å². The second kappa shape index (κ2) is 9.69. The van der Waals surface area contributed by atoms with Gasteiger partial charge in [-0.3, -0.25) is 9.59 Å². The minimum absolute atomic E-state index is 0.0307. The van der Waals surface area contributed by atoms with Gasteiger partial charge in [0.25, 0.3) is 5.91 Å². The van der Waals surface area contributed by atoms with Gasteiger partial charge in [0.1, 0.15) is 18.7 Å². The van der Waals surface area contributed by atoms with Gasteiger partial charge < -0.3 is 19.9 Å². The molecule has 1 amide bonds. The molecule has 1 aliphatic rings. The molecule has 30 heavy (non-hydrogen) atoms. The maximum Gasteiger partial charge on any atom is 0.256 e. The molecule has 0 spiro atoms. The van der Waals surface area contributed by atoms with Crippen molar-refractivity contribution in [3.05, 3.63) is 40.2 Å². The Morgan fingerprint density at radius 1 is 1.23 bits per heavy atom. The largest absolute Gasteiger partial charge is 0.370 e. The zero-order chi connectivity index (χ0) is 21.7. The third-order valence-corrected chi connectivity index (χ3v) is 7.45. The third kappa shape index (κ3) is 4.72. The van der Waals surface area contributed by atoms with Crippen molar-refractivity contribution < 1.29 is 22.8 Å². The highest BCUT2D eigenvalue weighted by atomic mass is 32.2. The number of hydrogen-bond acceptors (Lipinski definition) is 5. The number of rotatable bonds is 8. The molecule has 3 rings (SSSR count). The number of carbonyl (C=O) groups excluding carboxylic acids is 1. The summed E-state index contributed by atoms with van der Waals surface area (Å²) in [5, 5.41) is 2.96. The third-order valence-electron chi connectivity index (χ3n) is 5.40. The van der Waals surface area contributed by atoms with E-state index in [0.29, 0.717) is 38.4 Å². The summed E-state index contributed by atoms with van der Waals surface area (Å²) in [4.78, 5) is 29.8. The van der Waals surface area contributed by atoms with Crippen molar-refractivity contribution in [2.75, 3.05) is 52.5 Å². The quantitative estimate of drug-likeness (QED) is 0.501. The smallest absolute Gasteiger partial charge is 0.256 e. The van der Waals surface area contributed by atoms with Gasteiger partial charge in [-0.15, -0.1) is 0 Å². The zero-order valence-corrected chi connectivity index (χ0v) is 18.2. The number of aromatic amines is 1. The average Bonchev–Trinajstić information content (AvgIpc) is 2.75. The molecule has 0 aliphatic carbocycles. The van der Waals surface area contributed by atoms with Crippen LogP contribution in [0.1, 0.15) is 24.2 Å². The number of amides is 1. The van der Waals surface area contributed by atoms with E-state index in [0.717, 1.165) is 19.6 Å². The molecule has 3 N–H and O–H groups in total. The van der Waals surface area contributed by atoms with Gasteiger partial charge in [0, 0.05) is 30.2 Å². The summed E-state index contributed by atoms with van der Waals surface area (Å²) in [5.41, 5.74) is -0.0405. The number of pyridine rings is 1. The second-order valence-corrected chi connectivity index (χ2v) is 9.13. The van der Waals surface area contributed by atoms with Crippen LogP contribution < -0.4 is 15.6 Å². The Morgan fingerprint density at radius 3 is 2.60 bits per heavy atom. The van der Waals surface area contributed by atoms with E-state index in [-0.39, 0.29) is 15.8 Å². The first-order chi connectivity index (χ1) is 14.4. The van der Waals surface area contributed by atoms with Crippen LogP contribution in [0, 0.1) is 0 Å². The van der Waals surface area contributed by atoms with Crippen LogP contribution in [0.25, 0.3) is 10.9 Å². The monoisotopic (exact) mass is 437 g/mol. The summed E-state index contributed by atoms with van der Waals surface area (Å²) in [5.74, 6) is -0.470. The van der Waals surface area contributed by atoms with E-state index in [2.05, 4.69) is 10.3 Å². The fraction of sp³-hybridized carbons (Fsp3) is 0.500. The van der Waals surface area contributed by atoms with Crippen LogP contribution in [0.3, 0.4) is 0 Å². The molecular weight excluding hydrogens is 408 g/mol. The van der Waals surface area contributed by atoms with Crippen LogP contribution in [-0.4, -0.2) is 76.1 Å². The highest BCUT2D eigenvalue weighted by Gasteiger charge is 2.23. The number of benzene rings is 1. The van der Waals surface area contributed by atoms with Crippen LogP contribution in [0.2, 0.25) is 0 Å². The van der Waals surface area contributed by atoms with Crippen LogP contribution >= 0.6 is 0 Å². The summed E-state index contributed by atoms with van der Waals surface area (Å²) in [6.45, 7) is 8.62. The van der Waals surface area contributed by atoms with Crippen molar-refractivity contribution in [3.63, 3.8) is 0 Å². The van der Waals surface area contributed by atoms with E-state index in [1.165, 1.54) is 27.5 Å². The van der Waals surface area contributed by atoms with Gasteiger partial charge in [-0.2, -0.15) is 4.31 Å². The number of aromatic nitrogens is 1. The predicted molar refractivity (Wildman–Crippen MR) is 113 cm³/mol. The molecule has 164 valence electrons. The number of H-pyrrole nitrogens is 1. The number of hydrogen-bond donors (Lipinski definition) is 3. The first kappa shape index (κ1) is 22.4. The lowest BCUT2D eigenvalue weighted by Crippen LogP contribution is -3.14. The van der Waals surface area contributed by atoms with Crippen molar-refractivity contribution in [2.24, 2.45) is 0 Å². The Morgan fingerprint density at radius 2 is 1.93 bits per heavy atom. The number of quaternary nitrogens is 1. The van der Waals surface area contributed by atoms with Gasteiger partial charge in [0.15, 0.2) is 0 Å². The first-order valence-corrected chi connectivity index (χ1v) is 11.7. The van der Waals surface area contributed by atoms with Crippen LogP contribution in [0.5, 0.6) is 0 Å². The highest BCUT2D eigenvalue weighted by molar-refractivity contribution is 7.89. The van der Waals surface area contributed by atoms with Gasteiger partial charge >= 0.3 is 0 Å². The van der Waals surface area contributed by atoms with Crippen molar-refractivity contribution >= 4 is 26.8 Å². The summed E-state index contributed by atoms with van der Waals surface area (Å²) in [6, 6.07) is 4.36. The Bertz CT molecular complexity index is 1060. The van der Waals surface area contributed by atoms with E-state index in [1.807, 2.05) is 0 Å². The Kier molecular flexibility index (Phi) is 7.24. The lowest BCUT2D eigenvalue weighted by Gasteiger charge is -2.23. The molecule has 1 saturated heterocycles. The van der Waals surface area contributed by atoms with Gasteiger partial charge in [-0.25, -0.2) is 8.42 Å². The molecule has 0 radical (unpaired) electrons. The maximum absolute atomic E-state index is 12.9. The number of sulfonamides is 1. The molecule has 0 bridgehead atoms. The molecule has 2 aromatic rings. The number of nitrogens with zero attached hydrogens (tertiary/aromatic N) is 1. The normalized spacial score (nSPS) is 15.6. The lowest BCUT2D eigenvalue weighted by molar-refractivity contribution is -0.906. The summed E-state index contributed by atoms with van der Waals surface area (Å²) < 4.78 is 32.2. The number of carbonyl (C=O) groups is 1. The fourth-order valence-electron chi connectivity index (χ4n) is 3.60. The van der Waals surface area contributed by atoms with E-state index >= 15 is 0 Å².